The molecule has 0 aliphatic heterocycles. The van der Waals surface area contributed by atoms with Gasteiger partial charge in [-0.1, -0.05) is 18.6 Å². The summed E-state index contributed by atoms with van der Waals surface area (Å²) in [7, 11) is 0. The number of aromatic nitrogens is 3. The van der Waals surface area contributed by atoms with Crippen LogP contribution in [0.15, 0.2) is 54.9 Å². The summed E-state index contributed by atoms with van der Waals surface area (Å²) in [5, 5.41) is 2.36. The maximum absolute atomic E-state index is 4.84. The minimum absolute atomic E-state index is 0.665. The fraction of sp³-hybridized carbons (Fsp3) is 0.200. The van der Waals surface area contributed by atoms with Crippen molar-refractivity contribution in [2.24, 2.45) is 0 Å². The smallest absolute Gasteiger partial charge is 0.138 e. The van der Waals surface area contributed by atoms with E-state index in [1.807, 2.05) is 12.3 Å². The molecule has 5 rings (SSSR count). The molecule has 1 N–H and O–H groups in total. The number of nitrogens with zero attached hydrogens (tertiary/aromatic N) is 2. The highest BCUT2D eigenvalue weighted by atomic mass is 14.9. The van der Waals surface area contributed by atoms with Crippen LogP contribution in [0.5, 0.6) is 0 Å². The van der Waals surface area contributed by atoms with Crippen molar-refractivity contribution in [3.05, 3.63) is 60.6 Å². The van der Waals surface area contributed by atoms with Crippen molar-refractivity contribution in [2.45, 2.75) is 25.2 Å². The van der Waals surface area contributed by atoms with Crippen molar-refractivity contribution in [3.8, 4) is 11.1 Å². The van der Waals surface area contributed by atoms with Crippen LogP contribution < -0.4 is 0 Å². The summed E-state index contributed by atoms with van der Waals surface area (Å²) in [6.45, 7) is 0. The molecular formula is C20H17N3. The van der Waals surface area contributed by atoms with E-state index in [2.05, 4.69) is 52.6 Å². The van der Waals surface area contributed by atoms with Crippen LogP contribution in [0.4, 0.5) is 0 Å². The summed E-state index contributed by atoms with van der Waals surface area (Å²) in [5.41, 5.74) is 5.67. The van der Waals surface area contributed by atoms with Gasteiger partial charge in [-0.25, -0.2) is 4.98 Å². The third-order valence-corrected chi connectivity index (χ3v) is 5.00. The number of hydrogen-bond acceptors (Lipinski definition) is 2. The van der Waals surface area contributed by atoms with Gasteiger partial charge < -0.3 is 4.98 Å². The molecule has 3 aromatic heterocycles. The standard InChI is InChI=1S/C20H17N3/c1-3-13(4-1)19-9-7-16-17(12-22-20(16)23-19)14-6-8-18-15(11-14)5-2-10-21-18/h2,5-13H,1,3-4H2,(H,22,23). The van der Waals surface area contributed by atoms with Gasteiger partial charge >= 0.3 is 0 Å². The average Bonchev–Trinajstić information content (AvgIpc) is 2.96. The fourth-order valence-electron chi connectivity index (χ4n) is 3.43. The summed E-state index contributed by atoms with van der Waals surface area (Å²) in [6.07, 6.45) is 7.80. The molecule has 1 aliphatic carbocycles. The Morgan fingerprint density at radius 1 is 1.04 bits per heavy atom. The number of benzene rings is 1. The molecule has 3 heterocycles. The van der Waals surface area contributed by atoms with E-state index in [-0.39, 0.29) is 0 Å². The van der Waals surface area contributed by atoms with Gasteiger partial charge in [0.25, 0.3) is 0 Å². The van der Waals surface area contributed by atoms with Gasteiger partial charge in [0, 0.05) is 40.3 Å². The van der Waals surface area contributed by atoms with E-state index >= 15 is 0 Å². The zero-order valence-electron chi connectivity index (χ0n) is 12.8. The number of pyridine rings is 2. The third-order valence-electron chi connectivity index (χ3n) is 5.00. The normalized spacial score (nSPS) is 15.1. The molecule has 3 heteroatoms. The Morgan fingerprint density at radius 2 is 2.00 bits per heavy atom. The first-order valence-corrected chi connectivity index (χ1v) is 8.22. The van der Waals surface area contributed by atoms with Gasteiger partial charge in [-0.2, -0.15) is 0 Å². The molecule has 0 amide bonds. The molecule has 112 valence electrons. The molecule has 1 saturated carbocycles. The van der Waals surface area contributed by atoms with Crippen LogP contribution in [0.1, 0.15) is 30.9 Å². The summed E-state index contributed by atoms with van der Waals surface area (Å²) < 4.78 is 0. The number of H-pyrrole nitrogens is 1. The highest BCUT2D eigenvalue weighted by molar-refractivity contribution is 5.96. The Bertz CT molecular complexity index is 1010. The van der Waals surface area contributed by atoms with Crippen LogP contribution in [-0.2, 0) is 0 Å². The molecule has 0 radical (unpaired) electrons. The Morgan fingerprint density at radius 3 is 2.87 bits per heavy atom. The van der Waals surface area contributed by atoms with Crippen LogP contribution in [-0.4, -0.2) is 15.0 Å². The lowest BCUT2D eigenvalue weighted by molar-refractivity contribution is 0.412. The second kappa shape index (κ2) is 4.92. The first-order chi connectivity index (χ1) is 11.4. The van der Waals surface area contributed by atoms with Gasteiger partial charge in [0.15, 0.2) is 0 Å². The molecule has 1 aliphatic rings. The highest BCUT2D eigenvalue weighted by Gasteiger charge is 2.21. The van der Waals surface area contributed by atoms with Crippen LogP contribution in [0.3, 0.4) is 0 Å². The summed E-state index contributed by atoms with van der Waals surface area (Å²) >= 11 is 0. The topological polar surface area (TPSA) is 41.6 Å². The van der Waals surface area contributed by atoms with Crippen molar-refractivity contribution in [2.75, 3.05) is 0 Å². The summed E-state index contributed by atoms with van der Waals surface area (Å²) in [6, 6.07) is 14.9. The van der Waals surface area contributed by atoms with Crippen LogP contribution in [0.2, 0.25) is 0 Å². The van der Waals surface area contributed by atoms with E-state index in [9.17, 15) is 0 Å². The van der Waals surface area contributed by atoms with Gasteiger partial charge in [-0.15, -0.1) is 0 Å². The zero-order valence-corrected chi connectivity index (χ0v) is 12.8. The first-order valence-electron chi connectivity index (χ1n) is 8.22. The van der Waals surface area contributed by atoms with E-state index in [0.29, 0.717) is 5.92 Å². The lowest BCUT2D eigenvalue weighted by Crippen LogP contribution is -2.10. The molecule has 0 saturated heterocycles. The monoisotopic (exact) mass is 299 g/mol. The van der Waals surface area contributed by atoms with Gasteiger partial charge in [0.2, 0.25) is 0 Å². The number of hydrogen-bond donors (Lipinski definition) is 1. The Labute approximate surface area is 134 Å². The molecule has 1 aromatic carbocycles. The highest BCUT2D eigenvalue weighted by Crippen LogP contribution is 2.37. The average molecular weight is 299 g/mol. The molecule has 1 fully saturated rings. The van der Waals surface area contributed by atoms with E-state index in [4.69, 9.17) is 4.98 Å². The van der Waals surface area contributed by atoms with E-state index < -0.39 is 0 Å². The molecule has 0 unspecified atom stereocenters. The SMILES string of the molecule is c1cnc2ccc(-c3c[nH]c4nc(C5CCC5)ccc34)cc2c1. The Hall–Kier alpha value is -2.68. The Kier molecular flexibility index (Phi) is 2.74. The number of nitrogens with one attached hydrogen (secondary N) is 1. The number of fused-ring (bicyclic) bond motifs is 2. The van der Waals surface area contributed by atoms with Crippen LogP contribution in [0, 0.1) is 0 Å². The van der Waals surface area contributed by atoms with Crippen LogP contribution >= 0.6 is 0 Å². The maximum atomic E-state index is 4.84. The molecule has 3 nitrogen and oxygen atoms in total. The third kappa shape index (κ3) is 2.04. The van der Waals surface area contributed by atoms with Gasteiger partial charge in [-0.05, 0) is 48.7 Å². The van der Waals surface area contributed by atoms with Crippen molar-refractivity contribution >= 4 is 21.9 Å². The second-order valence-corrected chi connectivity index (χ2v) is 6.37. The maximum Gasteiger partial charge on any atom is 0.138 e. The Balaban J connectivity index is 1.63. The quantitative estimate of drug-likeness (QED) is 0.563. The predicted molar refractivity (Wildman–Crippen MR) is 93.4 cm³/mol. The van der Waals surface area contributed by atoms with E-state index in [0.717, 1.165) is 11.2 Å². The zero-order chi connectivity index (χ0) is 15.2. The fourth-order valence-corrected chi connectivity index (χ4v) is 3.43. The van der Waals surface area contributed by atoms with Crippen molar-refractivity contribution < 1.29 is 0 Å². The second-order valence-electron chi connectivity index (χ2n) is 6.37. The van der Waals surface area contributed by atoms with Gasteiger partial charge in [0.1, 0.15) is 5.65 Å². The van der Waals surface area contributed by atoms with E-state index in [1.54, 1.807) is 0 Å². The minimum atomic E-state index is 0.665. The van der Waals surface area contributed by atoms with Crippen LogP contribution in [0.25, 0.3) is 33.1 Å². The lowest BCUT2D eigenvalue weighted by atomic mass is 9.82. The first kappa shape index (κ1) is 12.8. The predicted octanol–water partition coefficient (Wildman–Crippen LogP) is 5.05. The van der Waals surface area contributed by atoms with Gasteiger partial charge in [-0.3, -0.25) is 4.98 Å². The molecular weight excluding hydrogens is 282 g/mol. The van der Waals surface area contributed by atoms with Gasteiger partial charge in [0.05, 0.1) is 5.52 Å². The number of rotatable bonds is 2. The molecule has 0 bridgehead atoms. The largest absolute Gasteiger partial charge is 0.346 e. The van der Waals surface area contributed by atoms with Crippen molar-refractivity contribution in [3.63, 3.8) is 0 Å². The summed E-state index contributed by atoms with van der Waals surface area (Å²) in [5.74, 6) is 0.665. The van der Waals surface area contributed by atoms with Crippen molar-refractivity contribution in [1.82, 2.24) is 15.0 Å². The van der Waals surface area contributed by atoms with E-state index in [1.165, 1.54) is 46.9 Å². The molecule has 0 spiro atoms. The number of aromatic amines is 1. The summed E-state index contributed by atoms with van der Waals surface area (Å²) in [4.78, 5) is 12.6. The minimum Gasteiger partial charge on any atom is -0.346 e. The van der Waals surface area contributed by atoms with Crippen molar-refractivity contribution in [1.29, 1.82) is 0 Å². The molecule has 0 atom stereocenters. The molecule has 4 aromatic rings. The lowest BCUT2D eigenvalue weighted by Gasteiger charge is -2.24. The molecule has 23 heavy (non-hydrogen) atoms.